The van der Waals surface area contributed by atoms with Crippen molar-refractivity contribution in [1.82, 2.24) is 9.97 Å². The minimum atomic E-state index is -0.576. The number of H-pyrrole nitrogens is 1. The molecule has 6 rings (SSSR count). The van der Waals surface area contributed by atoms with E-state index in [0.29, 0.717) is 12.4 Å². The zero-order valence-electron chi connectivity index (χ0n) is 25.5. The van der Waals surface area contributed by atoms with E-state index in [1.807, 2.05) is 89.5 Å². The van der Waals surface area contributed by atoms with Gasteiger partial charge in [0.2, 0.25) is 0 Å². The number of aromatic amines is 1. The van der Waals surface area contributed by atoms with Crippen molar-refractivity contribution in [3.8, 4) is 11.1 Å². The van der Waals surface area contributed by atoms with Crippen molar-refractivity contribution in [2.24, 2.45) is 11.3 Å². The third-order valence-electron chi connectivity index (χ3n) is 7.36. The van der Waals surface area contributed by atoms with Crippen molar-refractivity contribution in [2.75, 3.05) is 0 Å². The molecule has 2 heterocycles. The number of ether oxygens (including phenoxy) is 1. The highest BCUT2D eigenvalue weighted by Gasteiger charge is 2.35. The Kier molecular flexibility index (Phi) is 8.95. The van der Waals surface area contributed by atoms with Gasteiger partial charge in [-0.25, -0.2) is 0 Å². The van der Waals surface area contributed by atoms with Crippen LogP contribution in [0, 0.1) is 11.3 Å². The van der Waals surface area contributed by atoms with Crippen LogP contribution in [0.15, 0.2) is 67.1 Å². The van der Waals surface area contributed by atoms with Gasteiger partial charge in [0.15, 0.2) is 11.6 Å². The van der Waals surface area contributed by atoms with E-state index < -0.39 is 5.41 Å². The number of ketones is 2. The van der Waals surface area contributed by atoms with Gasteiger partial charge in [-0.3, -0.25) is 19.4 Å². The number of pyridine rings is 1. The molecule has 0 saturated carbocycles. The van der Waals surface area contributed by atoms with Crippen LogP contribution in [-0.4, -0.2) is 33.6 Å². The molecule has 1 atom stereocenters. The number of hydrogen-bond acceptors (Lipinski definition) is 5. The molecule has 0 saturated heterocycles. The Morgan fingerprint density at radius 3 is 2.40 bits per heavy atom. The molecule has 0 radical (unpaired) electrons. The van der Waals surface area contributed by atoms with Crippen LogP contribution in [0.4, 0.5) is 0 Å². The zero-order chi connectivity index (χ0) is 30.7. The first-order valence-electron chi connectivity index (χ1n) is 14.4. The van der Waals surface area contributed by atoms with E-state index in [4.69, 9.17) is 0 Å². The van der Waals surface area contributed by atoms with Gasteiger partial charge in [-0.2, -0.15) is 0 Å². The van der Waals surface area contributed by atoms with Gasteiger partial charge in [0, 0.05) is 34.7 Å². The molecule has 2 aliphatic rings. The molecule has 1 unspecified atom stereocenters. The number of nitrogens with zero attached hydrogens (tertiary/aromatic N) is 1. The van der Waals surface area contributed by atoms with Gasteiger partial charge in [-0.1, -0.05) is 56.3 Å². The van der Waals surface area contributed by atoms with Crippen molar-refractivity contribution >= 4 is 41.1 Å². The predicted molar refractivity (Wildman–Crippen MR) is 168 cm³/mol. The third kappa shape index (κ3) is 6.76. The normalized spacial score (nSPS) is 16.3. The van der Waals surface area contributed by atoms with Gasteiger partial charge in [-0.05, 0) is 92.3 Å². The summed E-state index contributed by atoms with van der Waals surface area (Å²) in [5, 5.41) is 3.01. The van der Waals surface area contributed by atoms with Gasteiger partial charge in [-0.15, -0.1) is 0 Å². The van der Waals surface area contributed by atoms with Crippen molar-refractivity contribution in [1.29, 1.82) is 0 Å². The second-order valence-electron chi connectivity index (χ2n) is 12.8. The minimum absolute atomic E-state index is 0.0901. The molecule has 4 aromatic rings. The maximum absolute atomic E-state index is 13.6. The van der Waals surface area contributed by atoms with Crippen molar-refractivity contribution in [2.45, 2.75) is 66.4 Å². The summed E-state index contributed by atoms with van der Waals surface area (Å²) < 4.78 is 4.55. The summed E-state index contributed by atoms with van der Waals surface area (Å²) in [6.45, 7) is 14.1. The summed E-state index contributed by atoms with van der Waals surface area (Å²) in [5.41, 5.74) is 4.28. The SMILES string of the molecule is CC(C)(C)OC=O.CC(C)CC1C(=O)c2c(ccc3c2=CC(C)(C)C(=O)C=3)-c2ccccc21.c1cc2cc[nH]c2cn1. The van der Waals surface area contributed by atoms with Crippen LogP contribution in [0.2, 0.25) is 0 Å². The van der Waals surface area contributed by atoms with Crippen molar-refractivity contribution in [3.63, 3.8) is 0 Å². The molecule has 6 nitrogen and oxygen atoms in total. The zero-order valence-corrected chi connectivity index (χ0v) is 25.5. The summed E-state index contributed by atoms with van der Waals surface area (Å²) in [7, 11) is 0. The number of rotatable bonds is 3. The predicted octanol–water partition coefficient (Wildman–Crippen LogP) is 6.37. The number of Topliss-reactive ketones (excluding diaryl/α,β-unsaturated/α-hetero) is 2. The van der Waals surface area contributed by atoms with Crippen LogP contribution < -0.4 is 10.4 Å². The van der Waals surface area contributed by atoms with Crippen LogP contribution in [0.1, 0.15) is 76.7 Å². The molecule has 2 aliphatic carbocycles. The summed E-state index contributed by atoms with van der Waals surface area (Å²) in [6.07, 6.45) is 10.0. The molecule has 1 N–H and O–H groups in total. The highest BCUT2D eigenvalue weighted by molar-refractivity contribution is 6.15. The van der Waals surface area contributed by atoms with Gasteiger partial charge in [0.1, 0.15) is 5.60 Å². The van der Waals surface area contributed by atoms with Gasteiger partial charge in [0.25, 0.3) is 6.47 Å². The lowest BCUT2D eigenvalue weighted by molar-refractivity contribution is -0.138. The molecule has 218 valence electrons. The number of aromatic nitrogens is 2. The molecule has 0 spiro atoms. The smallest absolute Gasteiger partial charge is 0.293 e. The summed E-state index contributed by atoms with van der Waals surface area (Å²) in [6, 6.07) is 16.2. The van der Waals surface area contributed by atoms with E-state index in [-0.39, 0.29) is 23.1 Å². The lowest BCUT2D eigenvalue weighted by Gasteiger charge is -2.29. The number of benzene rings is 2. The largest absolute Gasteiger partial charge is 0.462 e. The second kappa shape index (κ2) is 12.3. The first kappa shape index (κ1) is 30.6. The molecule has 0 amide bonds. The molecular weight excluding hydrogens is 524 g/mol. The third-order valence-corrected chi connectivity index (χ3v) is 7.36. The summed E-state index contributed by atoms with van der Waals surface area (Å²) >= 11 is 0. The lowest BCUT2D eigenvalue weighted by Crippen LogP contribution is -2.42. The Labute approximate surface area is 247 Å². The second-order valence-corrected chi connectivity index (χ2v) is 12.8. The van der Waals surface area contributed by atoms with Crippen LogP contribution >= 0.6 is 0 Å². The standard InChI is InChI=1S/C24H24O2.C7H6N2.C5H10O2/c1-14(2)11-19-17-8-6-5-7-16(17)18-10-9-15-12-21(25)24(3,4)13-20(15)22(18)23(19)26;1-3-8-5-7-6(1)2-4-9-7;1-5(2,3)7-4-6/h5-10,12-14,19H,11H2,1-4H3;1-5,9H;4H,1-3H3. The fourth-order valence-electron chi connectivity index (χ4n) is 5.27. The Balaban J connectivity index is 0.000000206. The van der Waals surface area contributed by atoms with E-state index in [1.165, 1.54) is 5.39 Å². The summed E-state index contributed by atoms with van der Waals surface area (Å²) in [5.74, 6) is 0.609. The number of fused-ring (bicyclic) bond motifs is 6. The van der Waals surface area contributed by atoms with Crippen molar-refractivity contribution in [3.05, 3.63) is 88.7 Å². The fourth-order valence-corrected chi connectivity index (χ4v) is 5.27. The van der Waals surface area contributed by atoms with E-state index in [9.17, 15) is 14.4 Å². The first-order chi connectivity index (χ1) is 19.8. The van der Waals surface area contributed by atoms with E-state index in [0.717, 1.165) is 44.6 Å². The van der Waals surface area contributed by atoms with Crippen molar-refractivity contribution < 1.29 is 19.1 Å². The average Bonchev–Trinajstić information content (AvgIpc) is 3.40. The van der Waals surface area contributed by atoms with E-state index in [1.54, 1.807) is 12.3 Å². The van der Waals surface area contributed by atoms with Crippen LogP contribution in [0.25, 0.3) is 34.2 Å². The molecular formula is C36H40N2O4. The minimum Gasteiger partial charge on any atom is -0.462 e. The monoisotopic (exact) mass is 564 g/mol. The van der Waals surface area contributed by atoms with Gasteiger partial charge in [0.05, 0.1) is 11.7 Å². The van der Waals surface area contributed by atoms with E-state index in [2.05, 4.69) is 40.7 Å². The molecule has 0 fully saturated rings. The van der Waals surface area contributed by atoms with Gasteiger partial charge < -0.3 is 9.72 Å². The number of carbonyl (C=O) groups excluding carboxylic acids is 3. The maximum atomic E-state index is 13.6. The van der Waals surface area contributed by atoms with E-state index >= 15 is 0 Å². The summed E-state index contributed by atoms with van der Waals surface area (Å²) in [4.78, 5) is 42.5. The Hall–Kier alpha value is -4.32. The molecule has 6 heteroatoms. The molecule has 42 heavy (non-hydrogen) atoms. The lowest BCUT2D eigenvalue weighted by atomic mass is 9.72. The highest BCUT2D eigenvalue weighted by atomic mass is 16.5. The van der Waals surface area contributed by atoms with Crippen LogP contribution in [0.3, 0.4) is 0 Å². The maximum Gasteiger partial charge on any atom is 0.293 e. The van der Waals surface area contributed by atoms with Gasteiger partial charge >= 0.3 is 0 Å². The number of nitrogens with one attached hydrogen (secondary N) is 1. The Bertz CT molecular complexity index is 1710. The topological polar surface area (TPSA) is 89.1 Å². The van der Waals surface area contributed by atoms with Crippen LogP contribution in [-0.2, 0) is 14.3 Å². The quantitative estimate of drug-likeness (QED) is 0.292. The Morgan fingerprint density at radius 2 is 1.76 bits per heavy atom. The Morgan fingerprint density at radius 1 is 1.02 bits per heavy atom. The molecule has 2 aromatic carbocycles. The highest BCUT2D eigenvalue weighted by Crippen LogP contribution is 2.41. The number of carbonyl (C=O) groups is 3. The average molecular weight is 565 g/mol. The fraction of sp³-hybridized carbons (Fsp3) is 0.333. The molecule has 0 aliphatic heterocycles. The molecule has 0 bridgehead atoms. The molecule has 2 aromatic heterocycles. The number of hydrogen-bond donors (Lipinski definition) is 1. The first-order valence-corrected chi connectivity index (χ1v) is 14.4. The van der Waals surface area contributed by atoms with Crippen LogP contribution in [0.5, 0.6) is 0 Å².